The molecule has 0 atom stereocenters. The van der Waals surface area contributed by atoms with Crippen molar-refractivity contribution >= 4 is 28.9 Å². The highest BCUT2D eigenvalue weighted by Gasteiger charge is 2.09. The quantitative estimate of drug-likeness (QED) is 0.205. The van der Waals surface area contributed by atoms with E-state index >= 15 is 0 Å². The highest BCUT2D eigenvalue weighted by Crippen LogP contribution is 2.31. The van der Waals surface area contributed by atoms with Gasteiger partial charge in [0, 0.05) is 17.2 Å². The van der Waals surface area contributed by atoms with Crippen molar-refractivity contribution in [3.63, 3.8) is 0 Å². The molecule has 0 N–H and O–H groups in total. The number of allylic oxidation sites excluding steroid dienone is 1. The van der Waals surface area contributed by atoms with Gasteiger partial charge in [-0.1, -0.05) is 29.8 Å². The third kappa shape index (κ3) is 5.16. The second-order valence-corrected chi connectivity index (χ2v) is 6.74. The third-order valence-corrected chi connectivity index (χ3v) is 4.57. The molecule has 0 spiro atoms. The van der Waals surface area contributed by atoms with E-state index in [1.807, 2.05) is 18.2 Å². The molecule has 0 radical (unpaired) electrons. The van der Waals surface area contributed by atoms with Crippen LogP contribution < -0.4 is 9.47 Å². The van der Waals surface area contributed by atoms with Crippen LogP contribution in [-0.2, 0) is 6.61 Å². The molecule has 7 heteroatoms. The highest BCUT2D eigenvalue weighted by molar-refractivity contribution is 6.30. The summed E-state index contributed by atoms with van der Waals surface area (Å²) in [5.74, 6) is 1.09. The number of methoxy groups -OCH3 is 1. The Morgan fingerprint density at radius 1 is 1.10 bits per heavy atom. The Bertz CT molecular complexity index is 1120. The predicted octanol–water partition coefficient (Wildman–Crippen LogP) is 5.90. The highest BCUT2D eigenvalue weighted by atomic mass is 35.5. The van der Waals surface area contributed by atoms with E-state index in [0.29, 0.717) is 34.3 Å². The molecule has 0 saturated heterocycles. The molecule has 0 amide bonds. The number of nitro groups is 1. The van der Waals surface area contributed by atoms with Crippen LogP contribution in [0.1, 0.15) is 16.7 Å². The van der Waals surface area contributed by atoms with Crippen molar-refractivity contribution in [2.24, 2.45) is 0 Å². The third-order valence-electron chi connectivity index (χ3n) is 4.32. The van der Waals surface area contributed by atoms with Crippen molar-refractivity contribution < 1.29 is 14.4 Å². The second-order valence-electron chi connectivity index (χ2n) is 6.30. The molecular weight excluding hydrogens is 404 g/mol. The first-order valence-electron chi connectivity index (χ1n) is 8.92. The topological polar surface area (TPSA) is 85.4 Å². The zero-order valence-electron chi connectivity index (χ0n) is 16.0. The molecule has 0 saturated carbocycles. The summed E-state index contributed by atoms with van der Waals surface area (Å²) >= 11 is 5.89. The number of nitro benzene ring substituents is 1. The van der Waals surface area contributed by atoms with E-state index < -0.39 is 4.92 Å². The lowest BCUT2D eigenvalue weighted by Crippen LogP contribution is -1.98. The molecule has 0 aliphatic carbocycles. The summed E-state index contributed by atoms with van der Waals surface area (Å²) in [5, 5.41) is 21.0. The zero-order valence-corrected chi connectivity index (χ0v) is 16.8. The minimum absolute atomic E-state index is 0.0279. The molecule has 0 bridgehead atoms. The van der Waals surface area contributed by atoms with Gasteiger partial charge in [-0.3, -0.25) is 10.1 Å². The summed E-state index contributed by atoms with van der Waals surface area (Å²) in [6.45, 7) is 0.356. The molecule has 0 heterocycles. The van der Waals surface area contributed by atoms with Gasteiger partial charge >= 0.3 is 0 Å². The van der Waals surface area contributed by atoms with Crippen molar-refractivity contribution in [3.8, 4) is 17.6 Å². The molecule has 6 nitrogen and oxygen atoms in total. The maximum absolute atomic E-state index is 10.8. The Labute approximate surface area is 178 Å². The standard InChI is InChI=1S/C23H17ClN2O4/c1-29-23-13-17(4-11-22(23)30-15-16-2-7-20(24)8-3-16)12-19(14-25)18-5-9-21(10-6-18)26(27)28/h2-13H,15H2,1H3/b19-12-. The maximum Gasteiger partial charge on any atom is 0.269 e. The van der Waals surface area contributed by atoms with Crippen LogP contribution in [-0.4, -0.2) is 12.0 Å². The van der Waals surface area contributed by atoms with Gasteiger partial charge in [-0.25, -0.2) is 0 Å². The maximum atomic E-state index is 10.8. The minimum Gasteiger partial charge on any atom is -0.493 e. The van der Waals surface area contributed by atoms with Crippen LogP contribution in [0, 0.1) is 21.4 Å². The van der Waals surface area contributed by atoms with Gasteiger partial charge in [-0.15, -0.1) is 0 Å². The fourth-order valence-electron chi connectivity index (χ4n) is 2.74. The predicted molar refractivity (Wildman–Crippen MR) is 115 cm³/mol. The minimum atomic E-state index is -0.479. The summed E-state index contributed by atoms with van der Waals surface area (Å²) in [5.41, 5.74) is 2.64. The number of rotatable bonds is 7. The monoisotopic (exact) mass is 420 g/mol. The normalized spacial score (nSPS) is 10.9. The fraction of sp³-hybridized carbons (Fsp3) is 0.0870. The average molecular weight is 421 g/mol. The zero-order chi connectivity index (χ0) is 21.5. The van der Waals surface area contributed by atoms with Crippen molar-refractivity contribution in [2.75, 3.05) is 7.11 Å². The Kier molecular flexibility index (Phi) is 6.68. The van der Waals surface area contributed by atoms with Gasteiger partial charge in [-0.2, -0.15) is 5.26 Å². The SMILES string of the molecule is COc1cc(/C=C(/C#N)c2ccc([N+](=O)[O-])cc2)ccc1OCc1ccc(Cl)cc1. The Balaban J connectivity index is 1.80. The van der Waals surface area contributed by atoms with Crippen molar-refractivity contribution in [2.45, 2.75) is 6.61 Å². The lowest BCUT2D eigenvalue weighted by atomic mass is 10.0. The Morgan fingerprint density at radius 3 is 2.40 bits per heavy atom. The van der Waals surface area contributed by atoms with Crippen LogP contribution in [0.15, 0.2) is 66.7 Å². The smallest absolute Gasteiger partial charge is 0.269 e. The number of hydrogen-bond acceptors (Lipinski definition) is 5. The average Bonchev–Trinajstić information content (AvgIpc) is 2.77. The molecule has 0 aliphatic heterocycles. The molecule has 3 aromatic rings. The fourth-order valence-corrected chi connectivity index (χ4v) is 2.87. The first kappa shape index (κ1) is 20.9. The number of ether oxygens (including phenoxy) is 2. The molecule has 3 rings (SSSR count). The van der Waals surface area contributed by atoms with Crippen molar-refractivity contribution in [1.82, 2.24) is 0 Å². The van der Waals surface area contributed by atoms with Crippen molar-refractivity contribution in [3.05, 3.63) is 98.6 Å². The van der Waals surface area contributed by atoms with Gasteiger partial charge in [0.2, 0.25) is 0 Å². The largest absolute Gasteiger partial charge is 0.493 e. The van der Waals surface area contributed by atoms with E-state index in [1.165, 1.54) is 12.1 Å². The van der Waals surface area contributed by atoms with Gasteiger partial charge in [0.15, 0.2) is 11.5 Å². The second kappa shape index (κ2) is 9.59. The van der Waals surface area contributed by atoms with Gasteiger partial charge in [-0.05, 0) is 59.2 Å². The van der Waals surface area contributed by atoms with E-state index in [0.717, 1.165) is 11.1 Å². The van der Waals surface area contributed by atoms with Crippen LogP contribution in [0.3, 0.4) is 0 Å². The molecule has 3 aromatic carbocycles. The molecule has 0 unspecified atom stereocenters. The van der Waals surface area contributed by atoms with Crippen LogP contribution in [0.5, 0.6) is 11.5 Å². The number of nitriles is 1. The molecule has 0 aromatic heterocycles. The van der Waals surface area contributed by atoms with E-state index in [-0.39, 0.29) is 5.69 Å². The van der Waals surface area contributed by atoms with Gasteiger partial charge < -0.3 is 9.47 Å². The van der Waals surface area contributed by atoms with Crippen LogP contribution in [0.4, 0.5) is 5.69 Å². The summed E-state index contributed by atoms with van der Waals surface area (Å²) in [7, 11) is 1.54. The number of benzene rings is 3. The molecular formula is C23H17ClN2O4. The Hall–Kier alpha value is -3.82. The number of hydrogen-bond donors (Lipinski definition) is 0. The van der Waals surface area contributed by atoms with E-state index in [2.05, 4.69) is 6.07 Å². The summed E-state index contributed by atoms with van der Waals surface area (Å²) in [6, 6.07) is 20.7. The molecule has 150 valence electrons. The van der Waals surface area contributed by atoms with Crippen LogP contribution >= 0.6 is 11.6 Å². The van der Waals surface area contributed by atoms with Crippen LogP contribution in [0.25, 0.3) is 11.6 Å². The molecule has 0 aliphatic rings. The molecule has 30 heavy (non-hydrogen) atoms. The molecule has 0 fully saturated rings. The Morgan fingerprint density at radius 2 is 1.80 bits per heavy atom. The summed E-state index contributed by atoms with van der Waals surface area (Å²) in [6.07, 6.45) is 1.69. The first-order valence-corrected chi connectivity index (χ1v) is 9.30. The van der Waals surface area contributed by atoms with E-state index in [1.54, 1.807) is 49.6 Å². The lowest BCUT2D eigenvalue weighted by molar-refractivity contribution is -0.384. The van der Waals surface area contributed by atoms with Gasteiger partial charge in [0.1, 0.15) is 6.61 Å². The van der Waals surface area contributed by atoms with E-state index in [9.17, 15) is 15.4 Å². The summed E-state index contributed by atoms with van der Waals surface area (Å²) < 4.78 is 11.3. The number of halogens is 1. The lowest BCUT2D eigenvalue weighted by Gasteiger charge is -2.12. The number of nitrogens with zero attached hydrogens (tertiary/aromatic N) is 2. The van der Waals surface area contributed by atoms with Gasteiger partial charge in [0.25, 0.3) is 5.69 Å². The summed E-state index contributed by atoms with van der Waals surface area (Å²) in [4.78, 5) is 10.3. The van der Waals surface area contributed by atoms with Crippen molar-refractivity contribution in [1.29, 1.82) is 5.26 Å². The van der Waals surface area contributed by atoms with E-state index in [4.69, 9.17) is 21.1 Å². The number of non-ortho nitro benzene ring substituents is 1. The first-order chi connectivity index (χ1) is 14.5. The van der Waals surface area contributed by atoms with Gasteiger partial charge in [0.05, 0.1) is 23.7 Å². The van der Waals surface area contributed by atoms with Crippen LogP contribution in [0.2, 0.25) is 5.02 Å².